The van der Waals surface area contributed by atoms with E-state index in [9.17, 15) is 19.2 Å². The van der Waals surface area contributed by atoms with Crippen molar-refractivity contribution in [2.45, 2.75) is 136 Å². The van der Waals surface area contributed by atoms with Gasteiger partial charge in [0.15, 0.2) is 0 Å². The number of rotatable bonds is 25. The van der Waals surface area contributed by atoms with E-state index < -0.39 is 36.3 Å². The van der Waals surface area contributed by atoms with Crippen LogP contribution < -0.4 is 16.4 Å². The van der Waals surface area contributed by atoms with Gasteiger partial charge in [0.25, 0.3) is 0 Å². The van der Waals surface area contributed by atoms with Crippen LogP contribution in [-0.2, 0) is 35.1 Å². The van der Waals surface area contributed by atoms with Crippen LogP contribution in [0.1, 0.15) is 104 Å². The predicted molar refractivity (Wildman–Crippen MR) is 236 cm³/mol. The summed E-state index contributed by atoms with van der Waals surface area (Å²) >= 11 is 1.51. The van der Waals surface area contributed by atoms with E-state index in [-0.39, 0.29) is 59.9 Å². The highest BCUT2D eigenvalue weighted by atomic mass is 32.1. The molecule has 3 rings (SSSR count). The number of nitrogens with two attached hydrogens (primary N) is 1. The lowest BCUT2D eigenvalue weighted by Gasteiger charge is -2.41. The number of carbonyl (C=O) groups is 4. The van der Waals surface area contributed by atoms with Crippen LogP contribution in [0, 0.1) is 23.7 Å². The van der Waals surface area contributed by atoms with Gasteiger partial charge in [0.1, 0.15) is 11.0 Å². The van der Waals surface area contributed by atoms with E-state index in [1.54, 1.807) is 32.4 Å². The quantitative estimate of drug-likeness (QED) is 0.113. The van der Waals surface area contributed by atoms with E-state index in [4.69, 9.17) is 15.2 Å². The van der Waals surface area contributed by atoms with Gasteiger partial charge in [-0.25, -0.2) is 4.98 Å². The number of nitrogens with one attached hydrogen (secondary N) is 2. The summed E-state index contributed by atoms with van der Waals surface area (Å²) in [6.07, 6.45) is 5.20. The minimum absolute atomic E-state index is 0.0196. The molecule has 14 heteroatoms. The second-order valence-electron chi connectivity index (χ2n) is 17.1. The highest BCUT2D eigenvalue weighted by molar-refractivity contribution is 7.09. The van der Waals surface area contributed by atoms with Crippen LogP contribution in [0.25, 0.3) is 0 Å². The molecule has 1 aromatic carbocycles. The molecule has 59 heavy (non-hydrogen) atoms. The third kappa shape index (κ3) is 13.8. The lowest BCUT2D eigenvalue weighted by atomic mass is 9.89. The topological polar surface area (TPSA) is 159 Å². The Morgan fingerprint density at radius 3 is 2.22 bits per heavy atom. The number of methoxy groups -OCH3 is 2. The SMILES string of the molecule is CCC(C)C(C(CC(=O)N1CCC[C@H]1C(OC)C(C)C(=O)NC(Cc1ccccc1)c1nccs1)OC)N(C)C(=O)C(NC(=O)C(C(C)C)N(C)CCCCN)C(C)C. The Kier molecular flexibility index (Phi) is 20.9. The first-order chi connectivity index (χ1) is 28.1. The van der Waals surface area contributed by atoms with Gasteiger partial charge in [-0.1, -0.05) is 85.2 Å². The number of likely N-dealkylation sites (N-methyl/N-ethyl adjacent to an activating group) is 2. The third-order valence-corrected chi connectivity index (χ3v) is 13.1. The Hall–Kier alpha value is -3.43. The fraction of sp³-hybridized carbons (Fsp3) is 0.711. The second-order valence-corrected chi connectivity index (χ2v) is 18.0. The van der Waals surface area contributed by atoms with Crippen molar-refractivity contribution in [3.63, 3.8) is 0 Å². The Balaban J connectivity index is 1.78. The number of unbranched alkanes of at least 4 members (excludes halogenated alkanes) is 1. The van der Waals surface area contributed by atoms with Crippen LogP contribution in [-0.4, -0.2) is 128 Å². The summed E-state index contributed by atoms with van der Waals surface area (Å²) in [5.41, 5.74) is 6.81. The van der Waals surface area contributed by atoms with Gasteiger partial charge in [0.2, 0.25) is 23.6 Å². The van der Waals surface area contributed by atoms with Gasteiger partial charge in [-0.05, 0) is 75.6 Å². The van der Waals surface area contributed by atoms with Crippen molar-refractivity contribution in [3.8, 4) is 0 Å². The molecule has 0 radical (unpaired) electrons. The first-order valence-corrected chi connectivity index (χ1v) is 22.5. The minimum atomic E-state index is -0.771. The molecule has 0 spiro atoms. The van der Waals surface area contributed by atoms with E-state index in [2.05, 4.69) is 29.5 Å². The molecule has 1 aliphatic heterocycles. The maximum atomic E-state index is 14.5. The molecule has 1 fully saturated rings. The van der Waals surface area contributed by atoms with Gasteiger partial charge in [0, 0.05) is 39.4 Å². The molecule has 2 aromatic rings. The number of carbonyl (C=O) groups excluding carboxylic acids is 4. The number of amides is 4. The van der Waals surface area contributed by atoms with Gasteiger partial charge < -0.3 is 35.6 Å². The van der Waals surface area contributed by atoms with Crippen LogP contribution >= 0.6 is 11.3 Å². The van der Waals surface area contributed by atoms with Crippen molar-refractivity contribution in [1.29, 1.82) is 0 Å². The summed E-state index contributed by atoms with van der Waals surface area (Å²) in [6, 6.07) is 7.77. The zero-order valence-electron chi connectivity index (χ0n) is 37.7. The Morgan fingerprint density at radius 2 is 1.66 bits per heavy atom. The molecule has 2 heterocycles. The Bertz CT molecular complexity index is 1560. The molecule has 0 aliphatic carbocycles. The lowest BCUT2D eigenvalue weighted by molar-refractivity contribution is -0.148. The molecule has 1 saturated heterocycles. The molecule has 9 atom stereocenters. The van der Waals surface area contributed by atoms with Crippen molar-refractivity contribution in [2.24, 2.45) is 29.4 Å². The number of aromatic nitrogens is 1. The Morgan fingerprint density at radius 1 is 0.966 bits per heavy atom. The third-order valence-electron chi connectivity index (χ3n) is 12.2. The molecule has 4 amide bonds. The van der Waals surface area contributed by atoms with Crippen LogP contribution in [0.15, 0.2) is 41.9 Å². The van der Waals surface area contributed by atoms with E-state index in [0.717, 1.165) is 42.8 Å². The van der Waals surface area contributed by atoms with Gasteiger partial charge in [0.05, 0.1) is 48.7 Å². The molecule has 0 saturated carbocycles. The largest absolute Gasteiger partial charge is 0.379 e. The number of ether oxygens (including phenoxy) is 2. The van der Waals surface area contributed by atoms with Gasteiger partial charge in [-0.15, -0.1) is 11.3 Å². The van der Waals surface area contributed by atoms with Crippen LogP contribution in [0.3, 0.4) is 0 Å². The van der Waals surface area contributed by atoms with Crippen LogP contribution in [0.2, 0.25) is 0 Å². The molecule has 8 unspecified atom stereocenters. The standard InChI is InChI=1S/C45H75N7O6S/c1-12-31(6)40(51(9)45(56)38(29(2)3)49-43(55)39(30(4)5)50(8)24-17-16-22-46)36(57-10)28-37(53)52-25-18-21-35(52)41(58-11)32(7)42(54)48-34(44-47-23-26-59-44)27-33-19-14-13-15-20-33/h13-15,19-20,23,26,29-32,34-36,38-41H,12,16-18,21-22,24-25,27-28,46H2,1-11H3,(H,48,54)(H,49,55)/t31?,32?,34?,35-,36?,38?,39?,40?,41?/m0/s1. The maximum absolute atomic E-state index is 14.5. The lowest BCUT2D eigenvalue weighted by Crippen LogP contribution is -2.60. The number of thiazole rings is 1. The minimum Gasteiger partial charge on any atom is -0.379 e. The van der Waals surface area contributed by atoms with Crippen molar-refractivity contribution in [1.82, 2.24) is 30.3 Å². The fourth-order valence-electron chi connectivity index (χ4n) is 8.69. The van der Waals surface area contributed by atoms with E-state index >= 15 is 0 Å². The average Bonchev–Trinajstić information content (AvgIpc) is 3.93. The Labute approximate surface area is 358 Å². The maximum Gasteiger partial charge on any atom is 0.245 e. The van der Waals surface area contributed by atoms with E-state index in [1.165, 1.54) is 11.3 Å². The smallest absolute Gasteiger partial charge is 0.245 e. The molecule has 13 nitrogen and oxygen atoms in total. The molecule has 4 N–H and O–H groups in total. The molecule has 1 aliphatic rings. The van der Waals surface area contributed by atoms with Crippen LogP contribution in [0.5, 0.6) is 0 Å². The summed E-state index contributed by atoms with van der Waals surface area (Å²) in [6.45, 7) is 15.7. The zero-order valence-corrected chi connectivity index (χ0v) is 38.5. The highest BCUT2D eigenvalue weighted by Gasteiger charge is 2.43. The summed E-state index contributed by atoms with van der Waals surface area (Å²) in [4.78, 5) is 66.8. The second kappa shape index (κ2) is 24.7. The summed E-state index contributed by atoms with van der Waals surface area (Å²) in [5, 5.41) is 9.09. The zero-order chi connectivity index (χ0) is 43.8. The highest BCUT2D eigenvalue weighted by Crippen LogP contribution is 2.30. The number of likely N-dealkylation sites (tertiary alicyclic amines) is 1. The molecule has 0 bridgehead atoms. The average molecular weight is 842 g/mol. The monoisotopic (exact) mass is 842 g/mol. The van der Waals surface area contributed by atoms with Crippen molar-refractivity contribution >= 4 is 35.0 Å². The molecular weight excluding hydrogens is 767 g/mol. The first kappa shape index (κ1) is 49.9. The predicted octanol–water partition coefficient (Wildman–Crippen LogP) is 5.30. The first-order valence-electron chi connectivity index (χ1n) is 21.7. The summed E-state index contributed by atoms with van der Waals surface area (Å²) in [7, 11) is 6.89. The van der Waals surface area contributed by atoms with Gasteiger partial charge in [-0.2, -0.15) is 0 Å². The van der Waals surface area contributed by atoms with Crippen molar-refractivity contribution < 1.29 is 28.7 Å². The van der Waals surface area contributed by atoms with Crippen molar-refractivity contribution in [3.05, 3.63) is 52.5 Å². The molecular formula is C45H75N7O6S. The molecule has 332 valence electrons. The van der Waals surface area contributed by atoms with E-state index in [1.807, 2.05) is 87.2 Å². The summed E-state index contributed by atoms with van der Waals surface area (Å²) < 4.78 is 12.1. The summed E-state index contributed by atoms with van der Waals surface area (Å²) in [5.74, 6) is -1.41. The van der Waals surface area contributed by atoms with Gasteiger partial charge >= 0.3 is 0 Å². The molecule has 1 aromatic heterocycles. The van der Waals surface area contributed by atoms with E-state index in [0.29, 0.717) is 25.9 Å². The number of hydrogen-bond donors (Lipinski definition) is 3. The van der Waals surface area contributed by atoms with Gasteiger partial charge in [-0.3, -0.25) is 24.1 Å². The fourth-order valence-corrected chi connectivity index (χ4v) is 9.38. The van der Waals surface area contributed by atoms with Crippen LogP contribution in [0.4, 0.5) is 0 Å². The normalized spacial score (nSPS) is 18.6. The number of hydrogen-bond acceptors (Lipinski definition) is 10. The number of nitrogens with zero attached hydrogens (tertiary/aromatic N) is 4. The van der Waals surface area contributed by atoms with Crippen molar-refractivity contribution in [2.75, 3.05) is 47.9 Å². The number of benzene rings is 1.